The number of hydrogen-bond donors (Lipinski definition) is 0. The third-order valence-corrected chi connectivity index (χ3v) is 2.84. The van der Waals surface area contributed by atoms with Crippen LogP contribution in [0.3, 0.4) is 0 Å². The monoisotopic (exact) mass is 282 g/mol. The lowest BCUT2D eigenvalue weighted by atomic mass is 10.1. The normalized spacial score (nSPS) is 11.8. The predicted octanol–water partition coefficient (Wildman–Crippen LogP) is 2.48. The van der Waals surface area contributed by atoms with E-state index in [1.807, 2.05) is 45.0 Å². The summed E-state index contributed by atoms with van der Waals surface area (Å²) in [4.78, 5) is 16.5. The maximum Gasteiger partial charge on any atom is 0.357 e. The fourth-order valence-electron chi connectivity index (χ4n) is 2.02. The van der Waals surface area contributed by atoms with Crippen molar-refractivity contribution in [3.8, 4) is 11.5 Å². The van der Waals surface area contributed by atoms with Crippen LogP contribution in [-0.2, 0) is 4.74 Å². The Kier molecular flexibility index (Phi) is 3.01. The minimum Gasteiger partial charge on any atom is -0.455 e. The summed E-state index contributed by atoms with van der Waals surface area (Å²) in [7, 11) is 0. The Balaban J connectivity index is 2.20. The molecule has 6 nitrogen and oxygen atoms in total. The van der Waals surface area contributed by atoms with Crippen molar-refractivity contribution in [2.45, 2.75) is 26.4 Å². The molecular weight excluding hydrogens is 268 g/mol. The van der Waals surface area contributed by atoms with E-state index in [1.54, 1.807) is 6.07 Å². The van der Waals surface area contributed by atoms with Crippen molar-refractivity contribution in [1.29, 1.82) is 0 Å². The van der Waals surface area contributed by atoms with Gasteiger partial charge in [-0.05, 0) is 37.4 Å². The molecule has 0 bridgehead atoms. The number of carbonyl (C=O) groups excluding carboxylic acids is 1. The second-order valence-corrected chi connectivity index (χ2v) is 5.69. The number of benzene rings is 1. The second kappa shape index (κ2) is 4.73. The Morgan fingerprint density at radius 3 is 2.67 bits per heavy atom. The summed E-state index contributed by atoms with van der Waals surface area (Å²) in [5.41, 5.74) is 0.178. The fourth-order valence-corrected chi connectivity index (χ4v) is 2.02. The summed E-state index contributed by atoms with van der Waals surface area (Å²) in [6.07, 6.45) is 0. The van der Waals surface area contributed by atoms with Gasteiger partial charge >= 0.3 is 5.97 Å². The number of carbonyl (C=O) groups is 1. The van der Waals surface area contributed by atoms with Crippen LogP contribution in [0.2, 0.25) is 0 Å². The van der Waals surface area contributed by atoms with Crippen molar-refractivity contribution in [1.82, 2.24) is 20.4 Å². The van der Waals surface area contributed by atoms with Crippen molar-refractivity contribution >= 4 is 16.7 Å². The molecule has 0 N–H and O–H groups in total. The Morgan fingerprint density at radius 1 is 1.14 bits per heavy atom. The van der Waals surface area contributed by atoms with Gasteiger partial charge in [-0.15, -0.1) is 10.2 Å². The van der Waals surface area contributed by atoms with Crippen LogP contribution in [0.15, 0.2) is 30.3 Å². The highest BCUT2D eigenvalue weighted by Gasteiger charge is 2.21. The first kappa shape index (κ1) is 13.4. The molecule has 0 aromatic heterocycles. The molecule has 1 aromatic carbocycles. The molecule has 1 aromatic rings. The van der Waals surface area contributed by atoms with Crippen molar-refractivity contribution < 1.29 is 9.53 Å². The molecule has 21 heavy (non-hydrogen) atoms. The quantitative estimate of drug-likeness (QED) is 0.638. The van der Waals surface area contributed by atoms with Crippen molar-refractivity contribution in [3.05, 3.63) is 36.0 Å². The number of fused-ring (bicyclic) bond motifs is 3. The number of ether oxygens (including phenoxy) is 1. The number of hydrogen-bond acceptors (Lipinski definition) is 6. The predicted molar refractivity (Wildman–Crippen MR) is 76.9 cm³/mol. The Morgan fingerprint density at radius 2 is 1.90 bits per heavy atom. The van der Waals surface area contributed by atoms with Gasteiger partial charge in [0.15, 0.2) is 5.69 Å². The lowest BCUT2D eigenvalue weighted by Crippen LogP contribution is -2.24. The molecule has 3 rings (SSSR count). The van der Waals surface area contributed by atoms with E-state index < -0.39 is 11.6 Å². The van der Waals surface area contributed by atoms with Crippen molar-refractivity contribution in [3.63, 3.8) is 0 Å². The molecule has 0 spiro atoms. The molecule has 0 atom stereocenters. The standard InChI is InChI=1S/C15H14N4O2/c1-15(2,3)21-14(20)11-8-9-6-4-5-7-10(9)12-13(16-11)18-19-17-12/h4-8H,1-3H3. The van der Waals surface area contributed by atoms with Gasteiger partial charge in [-0.3, -0.25) is 0 Å². The topological polar surface area (TPSA) is 77.9 Å². The minimum absolute atomic E-state index is 0.193. The number of esters is 1. The molecule has 0 fully saturated rings. The van der Waals surface area contributed by atoms with Crippen LogP contribution in [0.1, 0.15) is 31.3 Å². The summed E-state index contributed by atoms with van der Waals surface area (Å²) in [6, 6.07) is 9.25. The molecule has 2 heterocycles. The first-order valence-corrected chi connectivity index (χ1v) is 6.56. The van der Waals surface area contributed by atoms with Crippen LogP contribution in [-0.4, -0.2) is 32.0 Å². The summed E-state index contributed by atoms with van der Waals surface area (Å²) >= 11 is 0. The van der Waals surface area contributed by atoms with Gasteiger partial charge < -0.3 is 4.74 Å². The summed E-state index contributed by atoms with van der Waals surface area (Å²) in [5.74, 6) is -0.162. The van der Waals surface area contributed by atoms with E-state index in [0.717, 1.165) is 10.8 Å². The zero-order chi connectivity index (χ0) is 15.0. The highest BCUT2D eigenvalue weighted by molar-refractivity contribution is 5.97. The Hall–Kier alpha value is -2.63. The smallest absolute Gasteiger partial charge is 0.357 e. The van der Waals surface area contributed by atoms with Gasteiger partial charge in [-0.1, -0.05) is 24.3 Å². The molecule has 0 saturated carbocycles. The fraction of sp³-hybridized carbons (Fsp3) is 0.267. The maximum absolute atomic E-state index is 12.3. The summed E-state index contributed by atoms with van der Waals surface area (Å²) < 4.78 is 5.37. The zero-order valence-electron chi connectivity index (χ0n) is 12.0. The van der Waals surface area contributed by atoms with Gasteiger partial charge in [-0.2, -0.15) is 0 Å². The SMILES string of the molecule is CC(C)(C)OC(=O)c1cc2ccccc2c2nnnc-2n1. The minimum atomic E-state index is -0.585. The van der Waals surface area contributed by atoms with Gasteiger partial charge in [0.1, 0.15) is 11.3 Å². The van der Waals surface area contributed by atoms with Crippen LogP contribution in [0.25, 0.3) is 22.3 Å². The third-order valence-electron chi connectivity index (χ3n) is 2.84. The summed E-state index contributed by atoms with van der Waals surface area (Å²) in [6.45, 7) is 5.43. The Labute approximate surface area is 121 Å². The molecule has 6 heteroatoms. The van der Waals surface area contributed by atoms with Crippen LogP contribution >= 0.6 is 0 Å². The Bertz CT molecular complexity index is 795. The lowest BCUT2D eigenvalue weighted by Gasteiger charge is -2.18. The van der Waals surface area contributed by atoms with Crippen LogP contribution in [0.4, 0.5) is 0 Å². The molecule has 0 saturated heterocycles. The molecule has 0 radical (unpaired) electrons. The van der Waals surface area contributed by atoms with Gasteiger partial charge in [0, 0.05) is 5.39 Å². The van der Waals surface area contributed by atoms with Gasteiger partial charge in [0.05, 0.1) is 0 Å². The van der Waals surface area contributed by atoms with Crippen molar-refractivity contribution in [2.75, 3.05) is 0 Å². The van der Waals surface area contributed by atoms with Gasteiger partial charge in [-0.25, -0.2) is 9.78 Å². The van der Waals surface area contributed by atoms with E-state index in [0.29, 0.717) is 11.5 Å². The first-order valence-electron chi connectivity index (χ1n) is 6.56. The number of aromatic nitrogens is 4. The van der Waals surface area contributed by atoms with Gasteiger partial charge in [0.25, 0.3) is 0 Å². The second-order valence-electron chi connectivity index (χ2n) is 5.69. The highest BCUT2D eigenvalue weighted by atomic mass is 16.6. The lowest BCUT2D eigenvalue weighted by molar-refractivity contribution is 0.00632. The average Bonchev–Trinajstić information content (AvgIpc) is 2.79. The van der Waals surface area contributed by atoms with Crippen molar-refractivity contribution in [2.24, 2.45) is 0 Å². The average molecular weight is 282 g/mol. The first-order chi connectivity index (χ1) is 9.94. The molecular formula is C15H14N4O2. The number of nitrogens with zero attached hydrogens (tertiary/aromatic N) is 4. The number of rotatable bonds is 1. The van der Waals surface area contributed by atoms with E-state index in [-0.39, 0.29) is 5.69 Å². The largest absolute Gasteiger partial charge is 0.455 e. The van der Waals surface area contributed by atoms with E-state index in [2.05, 4.69) is 20.4 Å². The van der Waals surface area contributed by atoms with Crippen LogP contribution in [0, 0.1) is 0 Å². The summed E-state index contributed by atoms with van der Waals surface area (Å²) in [5, 5.41) is 13.2. The zero-order valence-corrected chi connectivity index (χ0v) is 12.0. The highest BCUT2D eigenvalue weighted by Crippen LogP contribution is 2.25. The molecule has 2 aliphatic heterocycles. The molecule has 106 valence electrons. The van der Waals surface area contributed by atoms with E-state index in [1.165, 1.54) is 0 Å². The molecule has 0 unspecified atom stereocenters. The van der Waals surface area contributed by atoms with E-state index in [4.69, 9.17) is 4.74 Å². The third kappa shape index (κ3) is 2.65. The van der Waals surface area contributed by atoms with E-state index in [9.17, 15) is 4.79 Å². The van der Waals surface area contributed by atoms with Crippen LogP contribution in [0.5, 0.6) is 0 Å². The maximum atomic E-state index is 12.3. The van der Waals surface area contributed by atoms with Gasteiger partial charge in [0.2, 0.25) is 5.82 Å². The van der Waals surface area contributed by atoms with E-state index >= 15 is 0 Å². The molecule has 2 aliphatic rings. The molecule has 0 aliphatic carbocycles. The molecule has 0 amide bonds. The van der Waals surface area contributed by atoms with Crippen LogP contribution < -0.4 is 0 Å².